The van der Waals surface area contributed by atoms with Crippen LogP contribution in [-0.4, -0.2) is 75.5 Å². The van der Waals surface area contributed by atoms with E-state index in [1.54, 1.807) is 0 Å². The molecule has 0 saturated heterocycles. The molecule has 0 aromatic heterocycles. The second-order valence-corrected chi connectivity index (χ2v) is 17.4. The molecule has 34 heavy (non-hydrogen) atoms. The van der Waals surface area contributed by atoms with Gasteiger partial charge in [0.1, 0.15) is 0 Å². The first-order valence-electron chi connectivity index (χ1n) is 3.61. The molecule has 0 heterocycles. The van der Waals surface area contributed by atoms with E-state index in [2.05, 4.69) is 0 Å². The summed E-state index contributed by atoms with van der Waals surface area (Å²) in [6.45, 7) is 0. The van der Waals surface area contributed by atoms with Crippen LogP contribution in [0.5, 0.6) is 0 Å². The molecule has 0 aliphatic heterocycles. The minimum atomic E-state index is -7.72. The maximum absolute atomic E-state index is 8.64. The van der Waals surface area contributed by atoms with E-state index in [0.717, 1.165) is 0 Å². The van der Waals surface area contributed by atoms with Crippen LogP contribution >= 0.6 is 0 Å². The third-order valence-corrected chi connectivity index (χ3v) is 0. The maximum atomic E-state index is 8.64. The summed E-state index contributed by atoms with van der Waals surface area (Å²) in [4.78, 5) is 0. The van der Waals surface area contributed by atoms with Crippen molar-refractivity contribution in [3.8, 4) is 0 Å². The molecule has 202 valence electrons. The summed E-state index contributed by atoms with van der Waals surface area (Å²) in [5.74, 6) is 0. The fourth-order valence-electron chi connectivity index (χ4n) is 0. The summed E-state index contributed by atoms with van der Waals surface area (Å²) < 4.78 is 216. The van der Waals surface area contributed by atoms with Crippen LogP contribution in [0.2, 0.25) is 0 Å². The molecule has 0 amide bonds. The van der Waals surface area contributed by atoms with Crippen molar-refractivity contribution in [2.45, 2.75) is 0 Å². The van der Waals surface area contributed by atoms with Crippen LogP contribution in [0.25, 0.3) is 0 Å². The van der Waals surface area contributed by atoms with E-state index in [4.69, 9.17) is 92.9 Å². The molecule has 25 nitrogen and oxygen atoms in total. The fourth-order valence-corrected chi connectivity index (χ4v) is 0. The van der Waals surface area contributed by atoms with Gasteiger partial charge in [0.15, 0.2) is 0 Å². The second kappa shape index (κ2) is 17.2. The van der Waals surface area contributed by atoms with Gasteiger partial charge in [-0.2, -0.15) is 0 Å². The molecule has 0 rings (SSSR count). The van der Waals surface area contributed by atoms with E-state index in [9.17, 15) is 0 Å². The van der Waals surface area contributed by atoms with Crippen molar-refractivity contribution >= 4 is 75.5 Å². The zero-order chi connectivity index (χ0) is 27.2. The summed E-state index contributed by atoms with van der Waals surface area (Å²) in [6, 6.07) is 0. The van der Waals surface area contributed by atoms with Gasteiger partial charge in [0.05, 0.1) is 0 Å². The van der Waals surface area contributed by atoms with Crippen LogP contribution in [0.1, 0.15) is 0 Å². The van der Waals surface area contributed by atoms with Crippen LogP contribution in [0.4, 0.5) is 0 Å². The van der Waals surface area contributed by atoms with Gasteiger partial charge in [0.2, 0.25) is 0 Å². The van der Waals surface area contributed by atoms with Crippen LogP contribution < -0.4 is 39.3 Å². The summed E-state index contributed by atoms with van der Waals surface area (Å²) >= 11 is -38.6. The van der Waals surface area contributed by atoms with Crippen molar-refractivity contribution in [1.29, 1.82) is 0 Å². The molecule has 0 spiro atoms. The molecule has 0 bridgehead atoms. The zero-order valence-corrected chi connectivity index (χ0v) is 33.9. The predicted octanol–water partition coefficient (Wildman–Crippen LogP) is -14.4. The van der Waals surface area contributed by atoms with Crippen LogP contribution in [0.3, 0.4) is 0 Å². The molecule has 0 aliphatic rings. The minimum absolute atomic E-state index is 0. The molecule has 0 unspecified atom stereocenters. The molecule has 0 atom stereocenters. The Balaban J connectivity index is -0.0000000319. The van der Waals surface area contributed by atoms with Crippen LogP contribution in [-0.2, 0) is 124 Å². The molecule has 0 N–H and O–H groups in total. The first-order valence-corrected chi connectivity index (χ1v) is 21.3. The van der Waals surface area contributed by atoms with Crippen molar-refractivity contribution in [2.75, 3.05) is 0 Å². The summed E-state index contributed by atoms with van der Waals surface area (Å²) in [7, 11) is 0. The molecule has 2 radical (unpaired) electrons. The van der Waals surface area contributed by atoms with Crippen molar-refractivity contribution in [1.82, 2.24) is 0 Å². The third-order valence-electron chi connectivity index (χ3n) is 0. The van der Waals surface area contributed by atoms with E-state index < -0.39 is 70.9 Å². The van der Waals surface area contributed by atoms with Gasteiger partial charge in [0, 0.05) is 0 Å². The Bertz CT molecular complexity index is 1260. The van der Waals surface area contributed by atoms with Gasteiger partial charge in [0.25, 0.3) is 0 Å². The molecule has 0 saturated carbocycles. The first-order chi connectivity index (χ1) is 11.2. The van der Waals surface area contributed by atoms with Gasteiger partial charge < -0.3 is 0 Å². The first kappa shape index (κ1) is 62.5. The van der Waals surface area contributed by atoms with Crippen molar-refractivity contribution in [3.05, 3.63) is 0 Å². The molecule has 0 fully saturated rings. The second-order valence-electron chi connectivity index (χ2n) is 2.95. The molecular weight excluding hydrogens is 1270 g/mol. The Morgan fingerprint density at radius 3 is 0.235 bits per heavy atom. The van der Waals surface area contributed by atoms with E-state index in [0.29, 0.717) is 0 Å². The quantitative estimate of drug-likeness (QED) is 0.203. The topological polar surface area (TPSA) is 487 Å². The molecule has 0 aromatic carbocycles. The Morgan fingerprint density at radius 1 is 0.235 bits per heavy atom. The van der Waals surface area contributed by atoms with Gasteiger partial charge in [-0.3, -0.25) is 0 Å². The van der Waals surface area contributed by atoms with Crippen LogP contribution in [0.15, 0.2) is 0 Å². The Labute approximate surface area is 313 Å². The predicted molar refractivity (Wildman–Crippen MR) is 21.8 cm³/mol. The summed E-state index contributed by atoms with van der Waals surface area (Å²) in [5.41, 5.74) is 0. The number of hydrogen-bond acceptors (Lipinski definition) is 25. The number of hydrogen-bond donors (Lipinski definition) is 0. The van der Waals surface area contributed by atoms with Gasteiger partial charge in [-0.25, -0.2) is 0 Å². The average Bonchev–Trinajstić information content (AvgIpc) is 1.67. The van der Waals surface area contributed by atoms with E-state index >= 15 is 0 Å². The van der Waals surface area contributed by atoms with Crippen molar-refractivity contribution in [3.63, 3.8) is 0 Å². The normalized spacial score (nSPS) is 16.5. The SMILES string of the molecule is [Ca+2].[Ca+2].[Nd+3].[Nd+3].[O]=[Ru](=[O])(=[O])([O-])[O-].[O]=[Ru](=[O])(=[O])([O-])[O-].[O]=[Ru](=[O])(=[O])([O-])[O-].[O]=[Ru](=[O])(=[O])([O-])[O-].[O]=[Ru](=[O])(=[O])([O-])[O-]. The van der Waals surface area contributed by atoms with Crippen LogP contribution in [0, 0.1) is 81.7 Å². The van der Waals surface area contributed by atoms with E-state index in [-0.39, 0.29) is 157 Å². The molecule has 0 aliphatic carbocycles. The van der Waals surface area contributed by atoms with Crippen molar-refractivity contribution < 1.29 is 245 Å². The molecule has 0 aromatic rings. The van der Waals surface area contributed by atoms with Gasteiger partial charge >= 0.3 is 321 Å². The van der Waals surface area contributed by atoms with Crippen molar-refractivity contribution in [2.24, 2.45) is 0 Å². The third kappa shape index (κ3) is 1960. The number of rotatable bonds is 0. The zero-order valence-electron chi connectivity index (χ0n) is 14.4. The Kier molecular flexibility index (Phi) is 31.5. The van der Waals surface area contributed by atoms with E-state index in [1.807, 2.05) is 0 Å². The summed E-state index contributed by atoms with van der Waals surface area (Å²) in [6.07, 6.45) is 0. The average molecular weight is 1270 g/mol. The van der Waals surface area contributed by atoms with Gasteiger partial charge in [-0.05, 0) is 0 Å². The Morgan fingerprint density at radius 2 is 0.235 bits per heavy atom. The van der Waals surface area contributed by atoms with Gasteiger partial charge in [-0.1, -0.05) is 0 Å². The van der Waals surface area contributed by atoms with E-state index in [1.165, 1.54) is 0 Å². The summed E-state index contributed by atoms with van der Waals surface area (Å²) in [5, 5.41) is 0. The fraction of sp³-hybridized carbons (Fsp3) is 0. The molecule has 34 heteroatoms. The monoisotopic (exact) mass is 1270 g/mol. The molecular formula is Ca2Nd2O25Ru5. The Hall–Kier alpha value is 4.94. The standard InChI is InChI=1S/2Ca.2Nd.25O.5Ru/q2*+2;2*+3;;;;;;;;;;;;;;;;10*-1;;;;;. The van der Waals surface area contributed by atoms with Gasteiger partial charge in [-0.15, -0.1) is 0 Å².